The van der Waals surface area contributed by atoms with Gasteiger partial charge in [-0.25, -0.2) is 0 Å². The number of nitriles is 1. The van der Waals surface area contributed by atoms with Crippen molar-refractivity contribution in [3.05, 3.63) is 71.3 Å². The number of carbonyl (C=O) groups excluding carboxylic acids is 1. The molecule has 126 valence electrons. The number of para-hydroxylation sites is 1. The zero-order valence-corrected chi connectivity index (χ0v) is 13.2. The Morgan fingerprint density at radius 2 is 1.84 bits per heavy atom. The highest BCUT2D eigenvalue weighted by atomic mass is 16.3. The van der Waals surface area contributed by atoms with E-state index in [9.17, 15) is 20.1 Å². The number of nitrogens with one attached hydrogen (secondary N) is 1. The number of phenolic OH excluding ortho intramolecular Hbond substituents is 3. The Balaban J connectivity index is 2.01. The van der Waals surface area contributed by atoms with Crippen molar-refractivity contribution in [3.63, 3.8) is 0 Å². The lowest BCUT2D eigenvalue weighted by Gasteiger charge is -2.05. The minimum absolute atomic E-state index is 0.0921. The van der Waals surface area contributed by atoms with Crippen molar-refractivity contribution < 1.29 is 20.1 Å². The average Bonchev–Trinajstić information content (AvgIpc) is 2.61. The normalized spacial score (nSPS) is 11.2. The summed E-state index contributed by atoms with van der Waals surface area (Å²) in [7, 11) is 0. The van der Waals surface area contributed by atoms with Crippen LogP contribution in [0.2, 0.25) is 0 Å². The summed E-state index contributed by atoms with van der Waals surface area (Å²) in [6.07, 6.45) is 4.42. The molecule has 0 atom stereocenters. The fraction of sp³-hybridized carbons (Fsp3) is 0.0526. The van der Waals surface area contributed by atoms with Crippen LogP contribution in [0.3, 0.4) is 0 Å². The fourth-order valence-electron chi connectivity index (χ4n) is 2.00. The first-order chi connectivity index (χ1) is 12.0. The molecule has 0 radical (unpaired) electrons. The summed E-state index contributed by atoms with van der Waals surface area (Å²) >= 11 is 0. The summed E-state index contributed by atoms with van der Waals surface area (Å²) in [6, 6.07) is 12.7. The number of nitrogens with zero attached hydrogens (tertiary/aromatic N) is 1. The maximum atomic E-state index is 12.0. The van der Waals surface area contributed by atoms with Gasteiger partial charge in [0, 0.05) is 12.1 Å². The number of hydrogen-bond donors (Lipinski definition) is 4. The van der Waals surface area contributed by atoms with Crippen LogP contribution in [0.1, 0.15) is 11.1 Å². The predicted octanol–water partition coefficient (Wildman–Crippen LogP) is 2.58. The SMILES string of the molecule is N#CC(=CC=Cc1ccccc1O)C(=O)NCc1ccc(O)c(O)c1. The van der Waals surface area contributed by atoms with Crippen LogP contribution >= 0.6 is 0 Å². The second-order valence-corrected chi connectivity index (χ2v) is 5.12. The number of phenols is 3. The highest BCUT2D eigenvalue weighted by molar-refractivity contribution is 5.97. The quantitative estimate of drug-likeness (QED) is 0.290. The summed E-state index contributed by atoms with van der Waals surface area (Å²) in [5, 5.41) is 39.9. The van der Waals surface area contributed by atoms with Gasteiger partial charge in [-0.2, -0.15) is 5.26 Å². The van der Waals surface area contributed by atoms with Crippen LogP contribution in [-0.2, 0) is 11.3 Å². The smallest absolute Gasteiger partial charge is 0.262 e. The molecular weight excluding hydrogens is 320 g/mol. The van der Waals surface area contributed by atoms with Crippen molar-refractivity contribution >= 4 is 12.0 Å². The zero-order valence-electron chi connectivity index (χ0n) is 13.2. The van der Waals surface area contributed by atoms with Crippen LogP contribution in [0.5, 0.6) is 17.2 Å². The van der Waals surface area contributed by atoms with E-state index in [0.717, 1.165) is 0 Å². The Labute approximate surface area is 144 Å². The van der Waals surface area contributed by atoms with Crippen LogP contribution < -0.4 is 5.32 Å². The van der Waals surface area contributed by atoms with Gasteiger partial charge >= 0.3 is 0 Å². The third kappa shape index (κ3) is 4.88. The molecule has 2 aromatic carbocycles. The van der Waals surface area contributed by atoms with Gasteiger partial charge in [0.15, 0.2) is 11.5 Å². The molecule has 6 nitrogen and oxygen atoms in total. The lowest BCUT2D eigenvalue weighted by atomic mass is 10.1. The van der Waals surface area contributed by atoms with Crippen molar-refractivity contribution in [2.24, 2.45) is 0 Å². The van der Waals surface area contributed by atoms with E-state index in [4.69, 9.17) is 5.26 Å². The molecule has 0 heterocycles. The van der Waals surface area contributed by atoms with Crippen molar-refractivity contribution in [1.29, 1.82) is 5.26 Å². The molecule has 0 aliphatic carbocycles. The molecule has 25 heavy (non-hydrogen) atoms. The second kappa shape index (κ2) is 8.22. The molecule has 2 aromatic rings. The molecule has 0 saturated heterocycles. The summed E-state index contributed by atoms with van der Waals surface area (Å²) in [6.45, 7) is 0.0921. The maximum absolute atomic E-state index is 12.0. The van der Waals surface area contributed by atoms with Crippen molar-refractivity contribution in [2.75, 3.05) is 0 Å². The molecule has 6 heteroatoms. The minimum atomic E-state index is -0.572. The number of allylic oxidation sites excluding steroid dienone is 2. The third-order valence-electron chi connectivity index (χ3n) is 3.33. The maximum Gasteiger partial charge on any atom is 0.262 e. The fourth-order valence-corrected chi connectivity index (χ4v) is 2.00. The van der Waals surface area contributed by atoms with E-state index in [0.29, 0.717) is 11.1 Å². The molecule has 0 aliphatic heterocycles. The lowest BCUT2D eigenvalue weighted by molar-refractivity contribution is -0.117. The molecule has 4 N–H and O–H groups in total. The van der Waals surface area contributed by atoms with E-state index in [1.807, 2.05) is 0 Å². The molecule has 0 spiro atoms. The third-order valence-corrected chi connectivity index (χ3v) is 3.33. The number of rotatable bonds is 5. The van der Waals surface area contributed by atoms with Crippen LogP contribution in [0.15, 0.2) is 60.2 Å². The number of amides is 1. The number of benzene rings is 2. The van der Waals surface area contributed by atoms with Crippen LogP contribution in [-0.4, -0.2) is 21.2 Å². The van der Waals surface area contributed by atoms with Gasteiger partial charge in [0.1, 0.15) is 17.4 Å². The minimum Gasteiger partial charge on any atom is -0.507 e. The van der Waals surface area contributed by atoms with E-state index in [1.165, 1.54) is 30.4 Å². The second-order valence-electron chi connectivity index (χ2n) is 5.12. The van der Waals surface area contributed by atoms with Gasteiger partial charge in [-0.1, -0.05) is 36.4 Å². The monoisotopic (exact) mass is 336 g/mol. The highest BCUT2D eigenvalue weighted by Gasteiger charge is 2.08. The molecule has 0 bridgehead atoms. The van der Waals surface area contributed by atoms with Gasteiger partial charge < -0.3 is 20.6 Å². The van der Waals surface area contributed by atoms with Gasteiger partial charge in [0.2, 0.25) is 0 Å². The zero-order chi connectivity index (χ0) is 18.2. The lowest BCUT2D eigenvalue weighted by Crippen LogP contribution is -2.23. The van der Waals surface area contributed by atoms with E-state index in [2.05, 4.69) is 5.32 Å². The van der Waals surface area contributed by atoms with Gasteiger partial charge in [0.05, 0.1) is 0 Å². The van der Waals surface area contributed by atoms with Gasteiger partial charge in [-0.3, -0.25) is 4.79 Å². The molecule has 0 unspecified atom stereocenters. The first-order valence-electron chi connectivity index (χ1n) is 7.37. The largest absolute Gasteiger partial charge is 0.507 e. The first kappa shape index (κ1) is 17.6. The van der Waals surface area contributed by atoms with Crippen LogP contribution in [0.25, 0.3) is 6.08 Å². The van der Waals surface area contributed by atoms with E-state index < -0.39 is 5.91 Å². The Morgan fingerprint density at radius 1 is 1.08 bits per heavy atom. The highest BCUT2D eigenvalue weighted by Crippen LogP contribution is 2.24. The summed E-state index contributed by atoms with van der Waals surface area (Å²) < 4.78 is 0. The molecular formula is C19H16N2O4. The molecule has 2 rings (SSSR count). The molecule has 0 saturated carbocycles. The Kier molecular flexibility index (Phi) is 5.80. The topological polar surface area (TPSA) is 114 Å². The molecule has 0 aliphatic rings. The van der Waals surface area contributed by atoms with Crippen molar-refractivity contribution in [2.45, 2.75) is 6.54 Å². The molecule has 0 aromatic heterocycles. The van der Waals surface area contributed by atoms with Crippen LogP contribution in [0.4, 0.5) is 0 Å². The van der Waals surface area contributed by atoms with Gasteiger partial charge in [0.25, 0.3) is 5.91 Å². The number of hydrogen-bond acceptors (Lipinski definition) is 5. The summed E-state index contributed by atoms with van der Waals surface area (Å²) in [4.78, 5) is 12.0. The van der Waals surface area contributed by atoms with E-state index in [-0.39, 0.29) is 29.4 Å². The molecule has 1 amide bonds. The number of aromatic hydroxyl groups is 3. The summed E-state index contributed by atoms with van der Waals surface area (Å²) in [5.41, 5.74) is 1.04. The van der Waals surface area contributed by atoms with Gasteiger partial charge in [-0.15, -0.1) is 0 Å². The van der Waals surface area contributed by atoms with Crippen LogP contribution in [0, 0.1) is 11.3 Å². The number of carbonyl (C=O) groups is 1. The van der Waals surface area contributed by atoms with E-state index >= 15 is 0 Å². The molecule has 0 fully saturated rings. The Bertz CT molecular complexity index is 879. The Hall–Kier alpha value is -3.72. The average molecular weight is 336 g/mol. The van der Waals surface area contributed by atoms with E-state index in [1.54, 1.807) is 36.4 Å². The standard InChI is InChI=1S/C19H16N2O4/c20-11-15(6-3-5-14-4-1-2-7-16(14)22)19(25)21-12-13-8-9-17(23)18(24)10-13/h1-10,22-24H,12H2,(H,21,25). The summed E-state index contributed by atoms with van der Waals surface area (Å²) in [5.74, 6) is -1.00. The van der Waals surface area contributed by atoms with Crippen molar-refractivity contribution in [1.82, 2.24) is 5.32 Å². The van der Waals surface area contributed by atoms with Gasteiger partial charge in [-0.05, 0) is 29.8 Å². The predicted molar refractivity (Wildman–Crippen MR) is 92.5 cm³/mol. The van der Waals surface area contributed by atoms with Crippen molar-refractivity contribution in [3.8, 4) is 23.3 Å². The first-order valence-corrected chi connectivity index (χ1v) is 7.37. The Morgan fingerprint density at radius 3 is 2.52 bits per heavy atom.